The number of halogens is 3. The summed E-state index contributed by atoms with van der Waals surface area (Å²) in [5, 5.41) is 0. The van der Waals surface area contributed by atoms with Crippen molar-refractivity contribution < 1.29 is 22.6 Å². The standard InChI is InChI=1S/C21H24F3N3O3/c1-14-13-29-9-8-26(14)16-11-19(25-20(28)12-16)27-7-3-6-18(27)15-4-2-5-17(10-15)30-21(22,23)24/h2,4-5,10-12,14,18H,3,6-9,13H2,1H3,(H,25,28)/t14-,18+/m1/s1. The molecule has 2 atom stereocenters. The van der Waals surface area contributed by atoms with Gasteiger partial charge in [0.25, 0.3) is 5.56 Å². The van der Waals surface area contributed by atoms with Gasteiger partial charge in [-0.05, 0) is 37.5 Å². The van der Waals surface area contributed by atoms with Gasteiger partial charge < -0.3 is 24.3 Å². The summed E-state index contributed by atoms with van der Waals surface area (Å²) in [6, 6.07) is 9.58. The molecule has 2 fully saturated rings. The molecule has 0 unspecified atom stereocenters. The Kier molecular flexibility index (Phi) is 5.64. The zero-order valence-electron chi connectivity index (χ0n) is 16.6. The predicted molar refractivity (Wildman–Crippen MR) is 107 cm³/mol. The SMILES string of the molecule is C[C@@H]1COCCN1c1cc(N2CCC[C@H]2c2cccc(OC(F)(F)F)c2)[nH]c(=O)c1. The third-order valence-electron chi connectivity index (χ3n) is 5.55. The van der Waals surface area contributed by atoms with Gasteiger partial charge in [0.05, 0.1) is 19.3 Å². The van der Waals surface area contributed by atoms with Crippen LogP contribution in [0.2, 0.25) is 0 Å². The van der Waals surface area contributed by atoms with Gasteiger partial charge in [-0.15, -0.1) is 13.2 Å². The van der Waals surface area contributed by atoms with E-state index in [1.165, 1.54) is 12.1 Å². The van der Waals surface area contributed by atoms with Gasteiger partial charge in [-0.2, -0.15) is 0 Å². The van der Waals surface area contributed by atoms with E-state index in [4.69, 9.17) is 4.74 Å². The minimum Gasteiger partial charge on any atom is -0.406 e. The number of anilines is 2. The maximum Gasteiger partial charge on any atom is 0.573 e. The van der Waals surface area contributed by atoms with Crippen LogP contribution in [0.15, 0.2) is 41.2 Å². The minimum absolute atomic E-state index is 0.144. The first-order chi connectivity index (χ1) is 14.3. The maximum atomic E-state index is 12.6. The smallest absolute Gasteiger partial charge is 0.406 e. The third-order valence-corrected chi connectivity index (χ3v) is 5.55. The molecule has 2 aliphatic rings. The summed E-state index contributed by atoms with van der Waals surface area (Å²) < 4.78 is 47.4. The summed E-state index contributed by atoms with van der Waals surface area (Å²) in [7, 11) is 0. The first-order valence-corrected chi connectivity index (χ1v) is 10.0. The molecule has 2 aliphatic heterocycles. The highest BCUT2D eigenvalue weighted by atomic mass is 19.4. The van der Waals surface area contributed by atoms with E-state index in [-0.39, 0.29) is 23.4 Å². The van der Waals surface area contributed by atoms with Gasteiger partial charge in [-0.1, -0.05) is 12.1 Å². The number of hydrogen-bond acceptors (Lipinski definition) is 5. The van der Waals surface area contributed by atoms with Crippen molar-refractivity contribution in [2.24, 2.45) is 0 Å². The molecular formula is C21H24F3N3O3. The summed E-state index contributed by atoms with van der Waals surface area (Å²) in [6.45, 7) is 4.65. The number of morpholine rings is 1. The summed E-state index contributed by atoms with van der Waals surface area (Å²) in [6.07, 6.45) is -3.09. The maximum absolute atomic E-state index is 12.6. The topological polar surface area (TPSA) is 57.8 Å². The lowest BCUT2D eigenvalue weighted by Crippen LogP contribution is -2.44. The molecule has 0 spiro atoms. The zero-order valence-corrected chi connectivity index (χ0v) is 16.6. The van der Waals surface area contributed by atoms with Crippen LogP contribution in [0.5, 0.6) is 5.75 Å². The van der Waals surface area contributed by atoms with Gasteiger partial charge in [-0.25, -0.2) is 0 Å². The fraction of sp³-hybridized carbons (Fsp3) is 0.476. The number of nitrogens with zero attached hydrogens (tertiary/aromatic N) is 2. The highest BCUT2D eigenvalue weighted by molar-refractivity contribution is 5.57. The van der Waals surface area contributed by atoms with Crippen LogP contribution < -0.4 is 20.1 Å². The Morgan fingerprint density at radius 2 is 2.00 bits per heavy atom. The lowest BCUT2D eigenvalue weighted by atomic mass is 10.0. The predicted octanol–water partition coefficient (Wildman–Crippen LogP) is 3.84. The van der Waals surface area contributed by atoms with Gasteiger partial charge in [0.15, 0.2) is 0 Å². The number of aromatic nitrogens is 1. The van der Waals surface area contributed by atoms with Crippen molar-refractivity contribution in [2.45, 2.75) is 38.2 Å². The van der Waals surface area contributed by atoms with Crippen molar-refractivity contribution in [3.05, 3.63) is 52.3 Å². The highest BCUT2D eigenvalue weighted by Gasteiger charge is 2.32. The molecule has 0 aliphatic carbocycles. The summed E-state index contributed by atoms with van der Waals surface area (Å²) in [4.78, 5) is 19.5. The van der Waals surface area contributed by atoms with E-state index < -0.39 is 6.36 Å². The average molecular weight is 423 g/mol. The normalized spacial score (nSPS) is 22.4. The monoisotopic (exact) mass is 423 g/mol. The van der Waals surface area contributed by atoms with Crippen molar-refractivity contribution >= 4 is 11.5 Å². The number of benzene rings is 1. The van der Waals surface area contributed by atoms with Gasteiger partial charge >= 0.3 is 6.36 Å². The Bertz CT molecular complexity index is 947. The number of H-pyrrole nitrogens is 1. The van der Waals surface area contributed by atoms with Crippen LogP contribution in [-0.4, -0.2) is 43.7 Å². The van der Waals surface area contributed by atoms with Crippen molar-refractivity contribution in [2.75, 3.05) is 36.1 Å². The Morgan fingerprint density at radius 3 is 2.77 bits per heavy atom. The minimum atomic E-state index is -4.73. The molecule has 30 heavy (non-hydrogen) atoms. The molecule has 162 valence electrons. The van der Waals surface area contributed by atoms with E-state index in [1.807, 2.05) is 17.9 Å². The van der Waals surface area contributed by atoms with Crippen LogP contribution in [0.1, 0.15) is 31.4 Å². The van der Waals surface area contributed by atoms with Crippen LogP contribution in [0.25, 0.3) is 0 Å². The van der Waals surface area contributed by atoms with Gasteiger partial charge in [0.2, 0.25) is 0 Å². The van der Waals surface area contributed by atoms with E-state index in [9.17, 15) is 18.0 Å². The Balaban J connectivity index is 1.63. The van der Waals surface area contributed by atoms with E-state index >= 15 is 0 Å². The molecule has 1 aromatic heterocycles. The van der Waals surface area contributed by atoms with Crippen LogP contribution in [0, 0.1) is 0 Å². The third kappa shape index (κ3) is 4.56. The van der Waals surface area contributed by atoms with E-state index in [2.05, 4.69) is 14.6 Å². The number of hydrogen-bond donors (Lipinski definition) is 1. The van der Waals surface area contributed by atoms with Crippen molar-refractivity contribution in [1.29, 1.82) is 0 Å². The molecule has 1 N–H and O–H groups in total. The quantitative estimate of drug-likeness (QED) is 0.810. The summed E-state index contributed by atoms with van der Waals surface area (Å²) in [5.41, 5.74) is 1.34. The second kappa shape index (κ2) is 8.22. The number of pyridine rings is 1. The molecule has 0 radical (unpaired) electrons. The fourth-order valence-electron chi connectivity index (χ4n) is 4.27. The summed E-state index contributed by atoms with van der Waals surface area (Å²) in [5.74, 6) is 0.428. The first kappa shape index (κ1) is 20.6. The molecular weight excluding hydrogens is 399 g/mol. The van der Waals surface area contributed by atoms with Crippen LogP contribution in [-0.2, 0) is 4.74 Å². The second-order valence-corrected chi connectivity index (χ2v) is 7.68. The van der Waals surface area contributed by atoms with Gasteiger partial charge in [0.1, 0.15) is 11.6 Å². The molecule has 4 rings (SSSR count). The lowest BCUT2D eigenvalue weighted by Gasteiger charge is -2.36. The molecule has 0 saturated carbocycles. The molecule has 2 aromatic rings. The Hall–Kier alpha value is -2.68. The number of rotatable bonds is 4. The second-order valence-electron chi connectivity index (χ2n) is 7.68. The zero-order chi connectivity index (χ0) is 21.3. The van der Waals surface area contributed by atoms with Crippen molar-refractivity contribution in [3.8, 4) is 5.75 Å². The number of ether oxygens (including phenoxy) is 2. The molecule has 3 heterocycles. The van der Waals surface area contributed by atoms with Crippen molar-refractivity contribution in [1.82, 2.24) is 4.98 Å². The molecule has 2 saturated heterocycles. The first-order valence-electron chi connectivity index (χ1n) is 10.0. The van der Waals surface area contributed by atoms with E-state index in [0.717, 1.165) is 24.1 Å². The number of alkyl halides is 3. The lowest BCUT2D eigenvalue weighted by molar-refractivity contribution is -0.274. The van der Waals surface area contributed by atoms with Gasteiger partial charge in [-0.3, -0.25) is 4.79 Å². The number of nitrogens with one attached hydrogen (secondary N) is 1. The van der Waals surface area contributed by atoms with Gasteiger partial charge in [0, 0.05) is 37.0 Å². The van der Waals surface area contributed by atoms with Crippen LogP contribution >= 0.6 is 0 Å². The van der Waals surface area contributed by atoms with E-state index in [0.29, 0.717) is 32.1 Å². The molecule has 0 amide bonds. The Labute approximate surface area is 172 Å². The molecule has 6 nitrogen and oxygen atoms in total. The fourth-order valence-corrected chi connectivity index (χ4v) is 4.27. The van der Waals surface area contributed by atoms with Crippen molar-refractivity contribution in [3.63, 3.8) is 0 Å². The Morgan fingerprint density at radius 1 is 1.17 bits per heavy atom. The molecule has 1 aromatic carbocycles. The van der Waals surface area contributed by atoms with E-state index in [1.54, 1.807) is 18.2 Å². The summed E-state index contributed by atoms with van der Waals surface area (Å²) >= 11 is 0. The molecule has 9 heteroatoms. The average Bonchev–Trinajstić information content (AvgIpc) is 3.17. The van der Waals surface area contributed by atoms with Crippen LogP contribution in [0.4, 0.5) is 24.7 Å². The largest absolute Gasteiger partial charge is 0.573 e. The van der Waals surface area contributed by atoms with Crippen LogP contribution in [0.3, 0.4) is 0 Å². The number of aromatic amines is 1. The molecule has 0 bridgehead atoms. The highest BCUT2D eigenvalue weighted by Crippen LogP contribution is 2.37.